The Morgan fingerprint density at radius 2 is 2.08 bits per heavy atom. The zero-order valence-corrected chi connectivity index (χ0v) is 8.09. The molecule has 76 valence electrons. The summed E-state index contributed by atoms with van der Waals surface area (Å²) in [7, 11) is 0. The fraction of sp³-hybridized carbons (Fsp3) is 0.750. The Hall–Kier alpha value is -1.10. The molecule has 0 aliphatic carbocycles. The van der Waals surface area contributed by atoms with E-state index in [1.165, 1.54) is 0 Å². The largest absolute Gasteiger partial charge is 0.351 e. The quantitative estimate of drug-likeness (QED) is 0.564. The summed E-state index contributed by atoms with van der Waals surface area (Å²) in [5.41, 5.74) is 4.76. The van der Waals surface area contributed by atoms with Crippen molar-refractivity contribution in [2.75, 3.05) is 6.54 Å². The van der Waals surface area contributed by atoms with Gasteiger partial charge in [0.15, 0.2) is 0 Å². The van der Waals surface area contributed by atoms with Crippen LogP contribution in [0.1, 0.15) is 26.7 Å². The molecule has 0 radical (unpaired) electrons. The van der Waals surface area contributed by atoms with Gasteiger partial charge in [-0.3, -0.25) is 10.1 Å². The van der Waals surface area contributed by atoms with Crippen molar-refractivity contribution in [2.45, 2.75) is 32.7 Å². The lowest BCUT2D eigenvalue weighted by Gasteiger charge is -2.11. The molecule has 1 unspecified atom stereocenters. The maximum absolute atomic E-state index is 10.9. The summed E-state index contributed by atoms with van der Waals surface area (Å²) in [6.45, 7) is 4.19. The topological polar surface area (TPSA) is 84.2 Å². The fourth-order valence-electron chi connectivity index (χ4n) is 0.984. The molecular weight excluding hydrogens is 170 g/mol. The summed E-state index contributed by atoms with van der Waals surface area (Å²) in [5.74, 6) is -0.393. The Bertz CT molecular complexity index is 182. The Labute approximate surface area is 78.1 Å². The van der Waals surface area contributed by atoms with Crippen LogP contribution in [-0.2, 0) is 4.79 Å². The summed E-state index contributed by atoms with van der Waals surface area (Å²) in [6.07, 6.45) is 2.06. The molecule has 0 fully saturated rings. The molecule has 0 bridgehead atoms. The van der Waals surface area contributed by atoms with Crippen molar-refractivity contribution >= 4 is 11.9 Å². The summed E-state index contributed by atoms with van der Waals surface area (Å²) < 4.78 is 0. The van der Waals surface area contributed by atoms with Crippen LogP contribution in [0.15, 0.2) is 0 Å². The molecule has 0 aliphatic heterocycles. The molecule has 1 atom stereocenters. The molecule has 0 aromatic carbocycles. The summed E-state index contributed by atoms with van der Waals surface area (Å²) in [4.78, 5) is 21.1. The van der Waals surface area contributed by atoms with E-state index >= 15 is 0 Å². The number of nitrogens with one attached hydrogen (secondary N) is 2. The van der Waals surface area contributed by atoms with Gasteiger partial charge in [0, 0.05) is 6.04 Å². The molecule has 0 spiro atoms. The standard InChI is InChI=1S/C8H17N3O2/c1-3-4-6(2)10-5-7(12)11-8(9)13/h6,10H,3-5H2,1-2H3,(H3,9,11,12,13). The van der Waals surface area contributed by atoms with Gasteiger partial charge in [0.25, 0.3) is 0 Å². The lowest BCUT2D eigenvalue weighted by Crippen LogP contribution is -2.42. The number of amides is 3. The highest BCUT2D eigenvalue weighted by molar-refractivity contribution is 5.94. The lowest BCUT2D eigenvalue weighted by atomic mass is 10.2. The van der Waals surface area contributed by atoms with E-state index in [1.54, 1.807) is 0 Å². The number of carbonyl (C=O) groups is 2. The summed E-state index contributed by atoms with van der Waals surface area (Å²) in [6, 6.07) is -0.529. The number of hydrogen-bond donors (Lipinski definition) is 3. The Kier molecular flexibility index (Phi) is 5.88. The molecule has 0 aromatic rings. The average molecular weight is 187 g/mol. The van der Waals surface area contributed by atoms with Crippen LogP contribution in [-0.4, -0.2) is 24.5 Å². The van der Waals surface area contributed by atoms with Crippen LogP contribution in [0.5, 0.6) is 0 Å². The molecule has 5 nitrogen and oxygen atoms in total. The Morgan fingerprint density at radius 1 is 1.46 bits per heavy atom. The van der Waals surface area contributed by atoms with Crippen LogP contribution in [0.3, 0.4) is 0 Å². The van der Waals surface area contributed by atoms with Gasteiger partial charge in [0.2, 0.25) is 5.91 Å². The number of nitrogens with two attached hydrogens (primary N) is 1. The summed E-state index contributed by atoms with van der Waals surface area (Å²) in [5, 5.41) is 4.95. The van der Waals surface area contributed by atoms with E-state index < -0.39 is 11.9 Å². The first-order chi connectivity index (χ1) is 6.06. The van der Waals surface area contributed by atoms with Gasteiger partial charge >= 0.3 is 6.03 Å². The van der Waals surface area contributed by atoms with E-state index in [2.05, 4.69) is 12.2 Å². The van der Waals surface area contributed by atoms with Gasteiger partial charge in [-0.25, -0.2) is 4.79 Å². The highest BCUT2D eigenvalue weighted by Crippen LogP contribution is 1.93. The molecule has 0 saturated carbocycles. The monoisotopic (exact) mass is 187 g/mol. The fourth-order valence-corrected chi connectivity index (χ4v) is 0.984. The van der Waals surface area contributed by atoms with Crippen molar-refractivity contribution < 1.29 is 9.59 Å². The number of primary amides is 1. The third-order valence-corrected chi connectivity index (χ3v) is 1.60. The van der Waals surface area contributed by atoms with E-state index in [9.17, 15) is 9.59 Å². The minimum absolute atomic E-state index is 0.129. The molecule has 0 aromatic heterocycles. The van der Waals surface area contributed by atoms with Gasteiger partial charge < -0.3 is 11.1 Å². The van der Waals surface area contributed by atoms with Gasteiger partial charge in [-0.15, -0.1) is 0 Å². The van der Waals surface area contributed by atoms with E-state index in [0.29, 0.717) is 0 Å². The van der Waals surface area contributed by atoms with Crippen LogP contribution in [0.2, 0.25) is 0 Å². The third-order valence-electron chi connectivity index (χ3n) is 1.60. The molecule has 0 rings (SSSR count). The average Bonchev–Trinajstić information content (AvgIpc) is 2.00. The van der Waals surface area contributed by atoms with Crippen LogP contribution in [0.25, 0.3) is 0 Å². The Balaban J connectivity index is 3.51. The maximum Gasteiger partial charge on any atom is 0.318 e. The van der Waals surface area contributed by atoms with Crippen molar-refractivity contribution in [3.63, 3.8) is 0 Å². The van der Waals surface area contributed by atoms with Crippen molar-refractivity contribution in [1.82, 2.24) is 10.6 Å². The molecule has 4 N–H and O–H groups in total. The SMILES string of the molecule is CCCC(C)NCC(=O)NC(N)=O. The molecular formula is C8H17N3O2. The van der Waals surface area contributed by atoms with E-state index in [4.69, 9.17) is 5.73 Å². The maximum atomic E-state index is 10.9. The van der Waals surface area contributed by atoms with E-state index in [-0.39, 0.29) is 12.6 Å². The number of urea groups is 1. The minimum Gasteiger partial charge on any atom is -0.351 e. The summed E-state index contributed by atoms with van der Waals surface area (Å²) >= 11 is 0. The van der Waals surface area contributed by atoms with E-state index in [0.717, 1.165) is 12.8 Å². The first-order valence-corrected chi connectivity index (χ1v) is 4.39. The van der Waals surface area contributed by atoms with Crippen molar-refractivity contribution in [2.24, 2.45) is 5.73 Å². The zero-order chi connectivity index (χ0) is 10.3. The number of carbonyl (C=O) groups excluding carboxylic acids is 2. The van der Waals surface area contributed by atoms with Gasteiger partial charge in [-0.05, 0) is 13.3 Å². The normalized spacial score (nSPS) is 12.2. The highest BCUT2D eigenvalue weighted by Gasteiger charge is 2.05. The van der Waals surface area contributed by atoms with Crippen LogP contribution in [0, 0.1) is 0 Å². The second-order valence-corrected chi connectivity index (χ2v) is 2.98. The van der Waals surface area contributed by atoms with Gasteiger partial charge in [-0.1, -0.05) is 13.3 Å². The number of rotatable bonds is 5. The molecule has 5 heteroatoms. The smallest absolute Gasteiger partial charge is 0.318 e. The van der Waals surface area contributed by atoms with Gasteiger partial charge in [0.1, 0.15) is 0 Å². The van der Waals surface area contributed by atoms with Crippen molar-refractivity contribution in [3.05, 3.63) is 0 Å². The molecule has 0 heterocycles. The van der Waals surface area contributed by atoms with Gasteiger partial charge in [0.05, 0.1) is 6.54 Å². The predicted octanol–water partition coefficient (Wildman–Crippen LogP) is -0.0405. The van der Waals surface area contributed by atoms with E-state index in [1.807, 2.05) is 12.2 Å². The van der Waals surface area contributed by atoms with Crippen molar-refractivity contribution in [1.29, 1.82) is 0 Å². The molecule has 0 aliphatic rings. The van der Waals surface area contributed by atoms with Crippen LogP contribution in [0.4, 0.5) is 4.79 Å². The van der Waals surface area contributed by atoms with Gasteiger partial charge in [-0.2, -0.15) is 0 Å². The predicted molar refractivity (Wildman–Crippen MR) is 50.1 cm³/mol. The minimum atomic E-state index is -0.810. The number of hydrogen-bond acceptors (Lipinski definition) is 3. The van der Waals surface area contributed by atoms with Crippen LogP contribution < -0.4 is 16.4 Å². The lowest BCUT2D eigenvalue weighted by molar-refractivity contribution is -0.119. The second kappa shape index (κ2) is 6.42. The molecule has 0 saturated heterocycles. The first-order valence-electron chi connectivity index (χ1n) is 4.39. The number of imide groups is 1. The Morgan fingerprint density at radius 3 is 2.54 bits per heavy atom. The first kappa shape index (κ1) is 11.9. The molecule has 13 heavy (non-hydrogen) atoms. The van der Waals surface area contributed by atoms with Crippen molar-refractivity contribution in [3.8, 4) is 0 Å². The highest BCUT2D eigenvalue weighted by atomic mass is 16.2. The third kappa shape index (κ3) is 7.27. The molecule has 3 amide bonds. The zero-order valence-electron chi connectivity index (χ0n) is 8.09. The van der Waals surface area contributed by atoms with Crippen LogP contribution >= 0.6 is 0 Å². The second-order valence-electron chi connectivity index (χ2n) is 2.98.